The second-order valence-corrected chi connectivity index (χ2v) is 10.1. The van der Waals surface area contributed by atoms with Crippen molar-refractivity contribution in [1.82, 2.24) is 5.32 Å². The van der Waals surface area contributed by atoms with E-state index in [1.807, 2.05) is 44.2 Å². The average molecular weight is 492 g/mol. The van der Waals surface area contributed by atoms with Crippen molar-refractivity contribution in [1.29, 1.82) is 0 Å². The third kappa shape index (κ3) is 4.67. The van der Waals surface area contributed by atoms with Crippen LogP contribution < -0.4 is 20.4 Å². The standard InChI is InChI=1S/C28H29NO7/c1-28(2)12-11-19-21(36-28)14-22(24-17-9-6-10-18(17)27(33)35-25(19)24)34-15-23(30)29-20(26(31)32)13-16-7-4-3-5-8-16/h3-5,7-8,14,20H,6,9-13,15H2,1-2H3,(H,29,30)(H,31,32). The van der Waals surface area contributed by atoms with Gasteiger partial charge in [0.1, 0.15) is 28.7 Å². The minimum absolute atomic E-state index is 0.158. The number of carbonyl (C=O) groups excluding carboxylic acids is 1. The fourth-order valence-corrected chi connectivity index (χ4v) is 5.10. The van der Waals surface area contributed by atoms with E-state index in [-0.39, 0.29) is 18.7 Å². The molecule has 1 atom stereocenters. The van der Waals surface area contributed by atoms with Crippen molar-refractivity contribution >= 4 is 22.8 Å². The number of carboxylic acids is 1. The van der Waals surface area contributed by atoms with Gasteiger partial charge in [0.05, 0.1) is 5.39 Å². The molecule has 3 aromatic rings. The highest BCUT2D eigenvalue weighted by Crippen LogP contribution is 2.44. The Balaban J connectivity index is 1.43. The van der Waals surface area contributed by atoms with Crippen molar-refractivity contribution in [3.05, 3.63) is 69.1 Å². The molecule has 2 aliphatic rings. The van der Waals surface area contributed by atoms with Gasteiger partial charge in [0, 0.05) is 23.6 Å². The van der Waals surface area contributed by atoms with Gasteiger partial charge in [-0.15, -0.1) is 0 Å². The number of hydrogen-bond acceptors (Lipinski definition) is 6. The maximum Gasteiger partial charge on any atom is 0.339 e. The number of nitrogens with one attached hydrogen (secondary N) is 1. The Morgan fingerprint density at radius 2 is 1.86 bits per heavy atom. The zero-order chi connectivity index (χ0) is 25.4. The van der Waals surface area contributed by atoms with Crippen molar-refractivity contribution in [3.8, 4) is 11.5 Å². The summed E-state index contributed by atoms with van der Waals surface area (Å²) < 4.78 is 17.9. The zero-order valence-electron chi connectivity index (χ0n) is 20.4. The van der Waals surface area contributed by atoms with Gasteiger partial charge in [-0.25, -0.2) is 9.59 Å². The third-order valence-electron chi connectivity index (χ3n) is 6.91. The second kappa shape index (κ2) is 9.33. The molecule has 2 aromatic carbocycles. The molecule has 36 heavy (non-hydrogen) atoms. The van der Waals surface area contributed by atoms with Crippen molar-refractivity contribution in [3.63, 3.8) is 0 Å². The normalized spacial score (nSPS) is 16.5. The fourth-order valence-electron chi connectivity index (χ4n) is 5.10. The number of ether oxygens (including phenoxy) is 2. The molecular formula is C28H29NO7. The molecule has 5 rings (SSSR count). The van der Waals surface area contributed by atoms with E-state index >= 15 is 0 Å². The van der Waals surface area contributed by atoms with Crippen molar-refractivity contribution in [2.24, 2.45) is 0 Å². The number of amides is 1. The van der Waals surface area contributed by atoms with Gasteiger partial charge in [-0.05, 0) is 57.1 Å². The first-order chi connectivity index (χ1) is 17.2. The van der Waals surface area contributed by atoms with Crippen LogP contribution in [-0.4, -0.2) is 35.2 Å². The van der Waals surface area contributed by atoms with E-state index in [4.69, 9.17) is 13.9 Å². The minimum Gasteiger partial charge on any atom is -0.487 e. The smallest absolute Gasteiger partial charge is 0.339 e. The number of aliphatic carboxylic acids is 1. The van der Waals surface area contributed by atoms with E-state index in [1.54, 1.807) is 6.07 Å². The number of hydrogen-bond donors (Lipinski definition) is 2. The fraction of sp³-hybridized carbons (Fsp3) is 0.393. The number of fused-ring (bicyclic) bond motifs is 5. The summed E-state index contributed by atoms with van der Waals surface area (Å²) in [5.74, 6) is -0.711. The van der Waals surface area contributed by atoms with E-state index in [0.29, 0.717) is 40.9 Å². The summed E-state index contributed by atoms with van der Waals surface area (Å²) in [4.78, 5) is 37.2. The highest BCUT2D eigenvalue weighted by Gasteiger charge is 2.32. The third-order valence-corrected chi connectivity index (χ3v) is 6.91. The lowest BCUT2D eigenvalue weighted by Crippen LogP contribution is -2.44. The van der Waals surface area contributed by atoms with Gasteiger partial charge < -0.3 is 24.3 Å². The van der Waals surface area contributed by atoms with E-state index in [2.05, 4.69) is 5.32 Å². The van der Waals surface area contributed by atoms with Crippen LogP contribution in [0, 0.1) is 0 Å². The molecule has 0 saturated carbocycles. The molecular weight excluding hydrogens is 462 g/mol. The second-order valence-electron chi connectivity index (χ2n) is 10.1. The summed E-state index contributed by atoms with van der Waals surface area (Å²) in [6.07, 6.45) is 3.85. The molecule has 8 heteroatoms. The van der Waals surface area contributed by atoms with E-state index < -0.39 is 23.5 Å². The first-order valence-electron chi connectivity index (χ1n) is 12.2. The predicted octanol–water partition coefficient (Wildman–Crippen LogP) is 3.58. The molecule has 8 nitrogen and oxygen atoms in total. The van der Waals surface area contributed by atoms with Crippen LogP contribution >= 0.6 is 0 Å². The van der Waals surface area contributed by atoms with Crippen LogP contribution in [-0.2, 0) is 35.3 Å². The topological polar surface area (TPSA) is 115 Å². The first kappa shape index (κ1) is 23.9. The van der Waals surface area contributed by atoms with Gasteiger partial charge in [-0.2, -0.15) is 0 Å². The SMILES string of the molecule is CC1(C)CCc2c(cc(OCC(=O)NC(Cc3ccccc3)C(=O)O)c3c4c(c(=O)oc23)CCC4)O1. The molecule has 0 fully saturated rings. The van der Waals surface area contributed by atoms with Crippen LogP contribution in [0.25, 0.3) is 11.0 Å². The molecule has 0 bridgehead atoms. The summed E-state index contributed by atoms with van der Waals surface area (Å²) in [5, 5.41) is 12.9. The van der Waals surface area contributed by atoms with Crippen molar-refractivity contribution < 1.29 is 28.6 Å². The van der Waals surface area contributed by atoms with E-state index in [9.17, 15) is 19.5 Å². The van der Waals surface area contributed by atoms with Gasteiger partial charge in [-0.1, -0.05) is 30.3 Å². The summed E-state index contributed by atoms with van der Waals surface area (Å²) in [7, 11) is 0. The summed E-state index contributed by atoms with van der Waals surface area (Å²) in [5.41, 5.74) is 2.93. The highest BCUT2D eigenvalue weighted by atomic mass is 16.5. The summed E-state index contributed by atoms with van der Waals surface area (Å²) in [6, 6.07) is 9.79. The van der Waals surface area contributed by atoms with Crippen LogP contribution in [0.4, 0.5) is 0 Å². The first-order valence-corrected chi connectivity index (χ1v) is 12.2. The molecule has 188 valence electrons. The van der Waals surface area contributed by atoms with Gasteiger partial charge in [-0.3, -0.25) is 4.79 Å². The molecule has 0 spiro atoms. The number of carbonyl (C=O) groups is 2. The molecule has 1 aliphatic carbocycles. The Hall–Kier alpha value is -3.81. The minimum atomic E-state index is -1.12. The van der Waals surface area contributed by atoms with Crippen LogP contribution in [0.2, 0.25) is 0 Å². The molecule has 1 unspecified atom stereocenters. The van der Waals surface area contributed by atoms with Crippen LogP contribution in [0.15, 0.2) is 45.6 Å². The van der Waals surface area contributed by atoms with Crippen LogP contribution in [0.3, 0.4) is 0 Å². The quantitative estimate of drug-likeness (QED) is 0.486. The van der Waals surface area contributed by atoms with E-state index in [0.717, 1.165) is 36.0 Å². The van der Waals surface area contributed by atoms with Crippen molar-refractivity contribution in [2.75, 3.05) is 6.61 Å². The van der Waals surface area contributed by atoms with E-state index in [1.165, 1.54) is 0 Å². The summed E-state index contributed by atoms with van der Waals surface area (Å²) in [6.45, 7) is 3.60. The number of aryl methyl sites for hydroxylation is 2. The van der Waals surface area contributed by atoms with Crippen LogP contribution in [0.5, 0.6) is 11.5 Å². The van der Waals surface area contributed by atoms with Crippen molar-refractivity contribution in [2.45, 2.75) is 64.0 Å². The average Bonchev–Trinajstić information content (AvgIpc) is 3.32. The Morgan fingerprint density at radius 3 is 2.61 bits per heavy atom. The molecule has 1 amide bonds. The molecule has 1 aromatic heterocycles. The van der Waals surface area contributed by atoms with Crippen LogP contribution in [0.1, 0.15) is 48.9 Å². The molecule has 1 aliphatic heterocycles. The van der Waals surface area contributed by atoms with Gasteiger partial charge in [0.25, 0.3) is 5.91 Å². The van der Waals surface area contributed by atoms with Gasteiger partial charge in [0.2, 0.25) is 0 Å². The number of carboxylic acid groups (broad SMARTS) is 1. The largest absolute Gasteiger partial charge is 0.487 e. The monoisotopic (exact) mass is 491 g/mol. The molecule has 0 saturated heterocycles. The lowest BCUT2D eigenvalue weighted by molar-refractivity contribution is -0.142. The Morgan fingerprint density at radius 1 is 1.11 bits per heavy atom. The Labute approximate surface area is 208 Å². The molecule has 2 heterocycles. The number of rotatable bonds is 7. The lowest BCUT2D eigenvalue weighted by Gasteiger charge is -2.33. The Kier molecular flexibility index (Phi) is 6.20. The number of benzene rings is 2. The maximum absolute atomic E-state index is 12.7. The predicted molar refractivity (Wildman–Crippen MR) is 133 cm³/mol. The lowest BCUT2D eigenvalue weighted by atomic mass is 9.91. The van der Waals surface area contributed by atoms with Gasteiger partial charge in [0.15, 0.2) is 6.61 Å². The Bertz CT molecular complexity index is 1390. The highest BCUT2D eigenvalue weighted by molar-refractivity contribution is 5.93. The summed E-state index contributed by atoms with van der Waals surface area (Å²) >= 11 is 0. The molecule has 2 N–H and O–H groups in total. The molecule has 0 radical (unpaired) electrons. The maximum atomic E-state index is 12.7. The van der Waals surface area contributed by atoms with Gasteiger partial charge >= 0.3 is 11.6 Å². The zero-order valence-corrected chi connectivity index (χ0v) is 20.4.